The van der Waals surface area contributed by atoms with Gasteiger partial charge < -0.3 is 5.11 Å². The number of sulfone groups is 1. The van der Waals surface area contributed by atoms with Crippen LogP contribution in [-0.4, -0.2) is 35.9 Å². The zero-order valence-electron chi connectivity index (χ0n) is 9.39. The van der Waals surface area contributed by atoms with E-state index in [-0.39, 0.29) is 10.9 Å². The number of nitrogens with zero attached hydrogens (tertiary/aromatic N) is 2. The summed E-state index contributed by atoms with van der Waals surface area (Å²) in [6.07, 6.45) is 0.747. The van der Waals surface area contributed by atoms with E-state index in [4.69, 9.17) is 5.11 Å². The molecule has 0 amide bonds. The van der Waals surface area contributed by atoms with E-state index >= 15 is 0 Å². The van der Waals surface area contributed by atoms with Crippen LogP contribution in [0.4, 0.5) is 8.78 Å². The Bertz CT molecular complexity index is 805. The number of aromatic nitrogens is 2. The molecule has 0 saturated carbocycles. The molecule has 6 nitrogen and oxygen atoms in total. The maximum absolute atomic E-state index is 13.2. The van der Waals surface area contributed by atoms with Gasteiger partial charge in [0.2, 0.25) is 0 Å². The standard InChI is InChI=1S/C10H6F2N2O4S/c1-19(17,18)9-4-2-5(11)6(12)3-7(4)13-14-8(9)10(15)16/h2-3H,1H3,(H,15,16). The van der Waals surface area contributed by atoms with E-state index < -0.39 is 38.0 Å². The summed E-state index contributed by atoms with van der Waals surface area (Å²) in [4.78, 5) is 10.2. The van der Waals surface area contributed by atoms with Crippen molar-refractivity contribution in [3.05, 3.63) is 29.5 Å². The fourth-order valence-corrected chi connectivity index (χ4v) is 2.64. The van der Waals surface area contributed by atoms with E-state index in [1.807, 2.05) is 0 Å². The van der Waals surface area contributed by atoms with Crippen molar-refractivity contribution in [3.8, 4) is 0 Å². The molecule has 0 aliphatic rings. The largest absolute Gasteiger partial charge is 0.476 e. The van der Waals surface area contributed by atoms with Crippen LogP contribution in [0.5, 0.6) is 0 Å². The van der Waals surface area contributed by atoms with Gasteiger partial charge in [0, 0.05) is 17.7 Å². The molecule has 0 aliphatic heterocycles. The third-order valence-electron chi connectivity index (χ3n) is 2.33. The Morgan fingerprint density at radius 2 is 1.79 bits per heavy atom. The Balaban J connectivity index is 3.04. The van der Waals surface area contributed by atoms with E-state index in [0.717, 1.165) is 6.26 Å². The lowest BCUT2D eigenvalue weighted by atomic mass is 10.2. The van der Waals surface area contributed by atoms with Gasteiger partial charge in [0.05, 0.1) is 5.52 Å². The van der Waals surface area contributed by atoms with Crippen molar-refractivity contribution in [1.29, 1.82) is 0 Å². The summed E-state index contributed by atoms with van der Waals surface area (Å²) < 4.78 is 49.5. The topological polar surface area (TPSA) is 97.2 Å². The van der Waals surface area contributed by atoms with Gasteiger partial charge >= 0.3 is 5.97 Å². The minimum Gasteiger partial charge on any atom is -0.476 e. The molecule has 19 heavy (non-hydrogen) atoms. The molecule has 1 N–H and O–H groups in total. The number of carboxylic acids is 1. The molecule has 0 fully saturated rings. The average molecular weight is 288 g/mol. The van der Waals surface area contributed by atoms with Crippen LogP contribution in [0.25, 0.3) is 10.9 Å². The molecule has 100 valence electrons. The van der Waals surface area contributed by atoms with E-state index in [0.29, 0.717) is 12.1 Å². The quantitative estimate of drug-likeness (QED) is 0.885. The number of aromatic carboxylic acids is 1. The third kappa shape index (κ3) is 2.24. The third-order valence-corrected chi connectivity index (χ3v) is 3.48. The van der Waals surface area contributed by atoms with Crippen LogP contribution in [0.2, 0.25) is 0 Å². The zero-order chi connectivity index (χ0) is 14.4. The van der Waals surface area contributed by atoms with Crippen molar-refractivity contribution in [3.63, 3.8) is 0 Å². The van der Waals surface area contributed by atoms with Crippen molar-refractivity contribution < 1.29 is 27.1 Å². The van der Waals surface area contributed by atoms with E-state index in [2.05, 4.69) is 10.2 Å². The van der Waals surface area contributed by atoms with Gasteiger partial charge in [0.25, 0.3) is 0 Å². The molecule has 9 heteroatoms. The molecule has 2 aromatic rings. The highest BCUT2D eigenvalue weighted by Gasteiger charge is 2.25. The second-order valence-electron chi connectivity index (χ2n) is 3.74. The van der Waals surface area contributed by atoms with E-state index in [9.17, 15) is 22.0 Å². The van der Waals surface area contributed by atoms with Gasteiger partial charge in [0.1, 0.15) is 4.90 Å². The first kappa shape index (κ1) is 13.3. The fraction of sp³-hybridized carbons (Fsp3) is 0.100. The molecule has 0 spiro atoms. The molecule has 2 rings (SSSR count). The summed E-state index contributed by atoms with van der Waals surface area (Å²) >= 11 is 0. The zero-order valence-corrected chi connectivity index (χ0v) is 10.2. The number of carbonyl (C=O) groups is 1. The van der Waals surface area contributed by atoms with E-state index in [1.54, 1.807) is 0 Å². The highest BCUT2D eigenvalue weighted by molar-refractivity contribution is 7.91. The van der Waals surface area contributed by atoms with Crippen LogP contribution < -0.4 is 0 Å². The first-order valence-electron chi connectivity index (χ1n) is 4.80. The van der Waals surface area contributed by atoms with Gasteiger partial charge in [-0.05, 0) is 6.07 Å². The van der Waals surface area contributed by atoms with Gasteiger partial charge in [-0.1, -0.05) is 0 Å². The molecule has 0 radical (unpaired) electrons. The second-order valence-corrected chi connectivity index (χ2v) is 5.69. The Morgan fingerprint density at radius 1 is 1.21 bits per heavy atom. The summed E-state index contributed by atoms with van der Waals surface area (Å²) in [7, 11) is -4.01. The Labute approximate surface area is 105 Å². The molecule has 1 aromatic carbocycles. The first-order valence-corrected chi connectivity index (χ1v) is 6.69. The van der Waals surface area contributed by atoms with Gasteiger partial charge in [-0.15, -0.1) is 10.2 Å². The van der Waals surface area contributed by atoms with Crippen LogP contribution in [0.3, 0.4) is 0 Å². The smallest absolute Gasteiger partial charge is 0.357 e. The molecule has 1 heterocycles. The summed E-state index contributed by atoms with van der Waals surface area (Å²) in [5, 5.41) is 15.2. The van der Waals surface area contributed by atoms with Crippen molar-refractivity contribution in [2.45, 2.75) is 4.90 Å². The minimum absolute atomic E-state index is 0.246. The Kier molecular flexibility index (Phi) is 2.93. The second kappa shape index (κ2) is 4.19. The minimum atomic E-state index is -4.01. The summed E-state index contributed by atoms with van der Waals surface area (Å²) in [5.74, 6) is -4.16. The molecular formula is C10H6F2N2O4S. The molecule has 0 unspecified atom stereocenters. The van der Waals surface area contributed by atoms with Gasteiger partial charge in [-0.25, -0.2) is 22.0 Å². The first-order chi connectivity index (χ1) is 8.71. The summed E-state index contributed by atoms with van der Waals surface area (Å²) in [5.41, 5.74) is -1.08. The number of rotatable bonds is 2. The van der Waals surface area contributed by atoms with E-state index in [1.165, 1.54) is 0 Å². The predicted octanol–water partition coefficient (Wildman–Crippen LogP) is 1.01. The van der Waals surface area contributed by atoms with Crippen molar-refractivity contribution in [2.75, 3.05) is 6.26 Å². The molecular weight excluding hydrogens is 282 g/mol. The number of fused-ring (bicyclic) bond motifs is 1. The molecule has 0 bridgehead atoms. The molecule has 0 aliphatic carbocycles. The number of benzene rings is 1. The predicted molar refractivity (Wildman–Crippen MR) is 59.5 cm³/mol. The lowest BCUT2D eigenvalue weighted by molar-refractivity contribution is 0.0685. The molecule has 1 aromatic heterocycles. The highest BCUT2D eigenvalue weighted by atomic mass is 32.2. The fourth-order valence-electron chi connectivity index (χ4n) is 1.59. The monoisotopic (exact) mass is 288 g/mol. The highest BCUT2D eigenvalue weighted by Crippen LogP contribution is 2.25. The number of halogens is 2. The van der Waals surface area contributed by atoms with Crippen LogP contribution in [0.15, 0.2) is 17.0 Å². The SMILES string of the molecule is CS(=O)(=O)c1c(C(=O)O)nnc2cc(F)c(F)cc12. The van der Waals surface area contributed by atoms with Gasteiger partial charge in [0.15, 0.2) is 27.2 Å². The maximum Gasteiger partial charge on any atom is 0.357 e. The Morgan fingerprint density at radius 3 is 2.32 bits per heavy atom. The number of carboxylic acid groups (broad SMARTS) is 1. The Hall–Kier alpha value is -2.16. The van der Waals surface area contributed by atoms with Crippen molar-refractivity contribution in [2.24, 2.45) is 0 Å². The lowest BCUT2D eigenvalue weighted by Gasteiger charge is -2.07. The van der Waals surface area contributed by atoms with Crippen LogP contribution >= 0.6 is 0 Å². The van der Waals surface area contributed by atoms with Crippen molar-refractivity contribution >= 4 is 26.7 Å². The van der Waals surface area contributed by atoms with Crippen LogP contribution in [0.1, 0.15) is 10.5 Å². The maximum atomic E-state index is 13.2. The molecule has 0 saturated heterocycles. The number of hydrogen-bond donors (Lipinski definition) is 1. The van der Waals surface area contributed by atoms with Crippen LogP contribution in [-0.2, 0) is 9.84 Å². The van der Waals surface area contributed by atoms with Gasteiger partial charge in [-0.3, -0.25) is 0 Å². The summed E-state index contributed by atoms with van der Waals surface area (Å²) in [6, 6.07) is 1.24. The normalized spacial score (nSPS) is 11.7. The van der Waals surface area contributed by atoms with Crippen molar-refractivity contribution in [1.82, 2.24) is 10.2 Å². The summed E-state index contributed by atoms with van der Waals surface area (Å²) in [6.45, 7) is 0. The molecule has 0 atom stereocenters. The number of hydrogen-bond acceptors (Lipinski definition) is 5. The van der Waals surface area contributed by atoms with Crippen LogP contribution in [0, 0.1) is 11.6 Å². The van der Waals surface area contributed by atoms with Gasteiger partial charge in [-0.2, -0.15) is 0 Å². The average Bonchev–Trinajstić information content (AvgIpc) is 2.27. The lowest BCUT2D eigenvalue weighted by Crippen LogP contribution is -2.12.